The van der Waals surface area contributed by atoms with Crippen molar-refractivity contribution in [3.05, 3.63) is 24.3 Å². The van der Waals surface area contributed by atoms with E-state index < -0.39 is 68.8 Å². The third-order valence-corrected chi connectivity index (χ3v) is 10.9. The summed E-state index contributed by atoms with van der Waals surface area (Å²) in [4.78, 5) is 52.7. The highest BCUT2D eigenvalue weighted by atomic mass is 16.7. The lowest BCUT2D eigenvalue weighted by atomic mass is 9.35. The summed E-state index contributed by atoms with van der Waals surface area (Å²) in [5.41, 5.74) is -8.49. The molecule has 3 bridgehead atoms. The first kappa shape index (κ1) is 23.7. The molecule has 0 aromatic heterocycles. The molecule has 9 nitrogen and oxygen atoms in total. The Hall–Kier alpha value is -2.68. The first-order valence-corrected chi connectivity index (χ1v) is 12.5. The topological polar surface area (TPSA) is 114 Å². The zero-order valence-corrected chi connectivity index (χ0v) is 21.6. The maximum atomic E-state index is 13.9. The molecule has 8 atom stereocenters. The second-order valence-electron chi connectivity index (χ2n) is 12.2. The van der Waals surface area contributed by atoms with E-state index in [0.29, 0.717) is 30.4 Å². The van der Waals surface area contributed by atoms with Crippen molar-refractivity contribution in [2.24, 2.45) is 16.2 Å². The van der Waals surface area contributed by atoms with Gasteiger partial charge in [0, 0.05) is 24.2 Å². The average molecular weight is 501 g/mol. The Labute approximate surface area is 209 Å². The van der Waals surface area contributed by atoms with Crippen molar-refractivity contribution >= 4 is 23.9 Å². The van der Waals surface area contributed by atoms with Crippen molar-refractivity contribution in [1.82, 2.24) is 0 Å². The fraction of sp³-hybridized carbons (Fsp3) is 0.704. The summed E-state index contributed by atoms with van der Waals surface area (Å²) in [5.74, 6) is -2.24. The van der Waals surface area contributed by atoms with Gasteiger partial charge >= 0.3 is 23.9 Å². The standard InChI is InChI=1S/C27H32O9/c1-13-23(8)18(33-16(4)28)26-14(2)24(10-9-17(29)34-21(24,5)6)12-11-22(26,7)25(13)19(30)32-15(3)27(25,36-26)20(31)35-23/h15,18H,1-2,9-12H2,3-8H3/t15-,18-,22-,23+,24+,25+,26?,27-/m0/s1. The molecular formula is C27H32O9. The highest BCUT2D eigenvalue weighted by Crippen LogP contribution is 2.84. The number of cyclic esters (lactones) is 2. The van der Waals surface area contributed by atoms with Crippen LogP contribution in [0.4, 0.5) is 0 Å². The molecule has 6 rings (SSSR count). The van der Waals surface area contributed by atoms with Crippen LogP contribution in [0.5, 0.6) is 0 Å². The van der Waals surface area contributed by atoms with Gasteiger partial charge in [-0.15, -0.1) is 0 Å². The number of carbonyl (C=O) groups is 4. The zero-order valence-electron chi connectivity index (χ0n) is 21.6. The van der Waals surface area contributed by atoms with E-state index in [1.165, 1.54) is 6.92 Å². The molecule has 36 heavy (non-hydrogen) atoms. The molecular weight excluding hydrogens is 468 g/mol. The van der Waals surface area contributed by atoms with E-state index >= 15 is 0 Å². The van der Waals surface area contributed by atoms with E-state index in [-0.39, 0.29) is 12.4 Å². The summed E-state index contributed by atoms with van der Waals surface area (Å²) < 4.78 is 30.6. The number of ether oxygens (including phenoxy) is 5. The van der Waals surface area contributed by atoms with Crippen LogP contribution < -0.4 is 0 Å². The number of carbonyl (C=O) groups excluding carboxylic acids is 4. The predicted octanol–water partition coefficient (Wildman–Crippen LogP) is 2.70. The van der Waals surface area contributed by atoms with E-state index in [4.69, 9.17) is 23.7 Å². The van der Waals surface area contributed by atoms with Gasteiger partial charge in [0.1, 0.15) is 22.7 Å². The lowest BCUT2D eigenvalue weighted by Gasteiger charge is -2.68. The SMILES string of the molecule is C=C1C23O[C@@]45C(=O)O[C@](C)(C(=C)[C@@]4(C(=O)O[C@H]5C)[C@]2(C)CC[C@]12CCC(=O)OC2(C)C)[C@@H]3OC(C)=O. The molecule has 0 aromatic rings. The quantitative estimate of drug-likeness (QED) is 0.304. The largest absolute Gasteiger partial charge is 0.459 e. The molecule has 4 aliphatic heterocycles. The van der Waals surface area contributed by atoms with E-state index in [1.54, 1.807) is 13.8 Å². The number of fused-ring (bicyclic) bond motifs is 1. The number of esters is 4. The van der Waals surface area contributed by atoms with Crippen LogP contribution in [-0.4, -0.2) is 58.5 Å². The van der Waals surface area contributed by atoms with Gasteiger partial charge < -0.3 is 23.7 Å². The van der Waals surface area contributed by atoms with Crippen molar-refractivity contribution < 1.29 is 42.9 Å². The molecule has 2 saturated carbocycles. The van der Waals surface area contributed by atoms with Crippen molar-refractivity contribution in [1.29, 1.82) is 0 Å². The Morgan fingerprint density at radius 1 is 0.944 bits per heavy atom. The Balaban J connectivity index is 1.71. The van der Waals surface area contributed by atoms with Crippen molar-refractivity contribution in [2.75, 3.05) is 0 Å². The van der Waals surface area contributed by atoms with Crippen LogP contribution in [0.2, 0.25) is 0 Å². The maximum absolute atomic E-state index is 13.9. The second kappa shape index (κ2) is 6.06. The van der Waals surface area contributed by atoms with Crippen LogP contribution in [-0.2, 0) is 42.9 Å². The minimum absolute atomic E-state index is 0.182. The van der Waals surface area contributed by atoms with Gasteiger partial charge in [0.05, 0.1) is 0 Å². The normalized spacial score (nSPS) is 51.9. The third-order valence-electron chi connectivity index (χ3n) is 10.9. The summed E-state index contributed by atoms with van der Waals surface area (Å²) in [6, 6.07) is 0. The summed E-state index contributed by atoms with van der Waals surface area (Å²) in [7, 11) is 0. The molecule has 0 radical (unpaired) electrons. The molecule has 2 spiro atoms. The molecule has 194 valence electrons. The number of hydrogen-bond acceptors (Lipinski definition) is 9. The number of hydrogen-bond donors (Lipinski definition) is 0. The van der Waals surface area contributed by atoms with E-state index in [1.807, 2.05) is 20.8 Å². The van der Waals surface area contributed by atoms with Gasteiger partial charge in [-0.05, 0) is 58.1 Å². The van der Waals surface area contributed by atoms with Gasteiger partial charge in [-0.2, -0.15) is 0 Å². The van der Waals surface area contributed by atoms with Gasteiger partial charge in [0.25, 0.3) is 0 Å². The smallest absolute Gasteiger partial charge is 0.345 e. The van der Waals surface area contributed by atoms with Crippen molar-refractivity contribution in [3.8, 4) is 0 Å². The van der Waals surface area contributed by atoms with Crippen LogP contribution in [0.3, 0.4) is 0 Å². The maximum Gasteiger partial charge on any atom is 0.345 e. The molecule has 4 saturated heterocycles. The number of rotatable bonds is 1. The van der Waals surface area contributed by atoms with Crippen LogP contribution >= 0.6 is 0 Å². The molecule has 6 aliphatic rings. The third kappa shape index (κ3) is 1.86. The summed E-state index contributed by atoms with van der Waals surface area (Å²) >= 11 is 0. The van der Waals surface area contributed by atoms with Crippen LogP contribution in [0.25, 0.3) is 0 Å². The van der Waals surface area contributed by atoms with E-state index in [9.17, 15) is 19.2 Å². The van der Waals surface area contributed by atoms with Crippen molar-refractivity contribution in [2.45, 2.75) is 102 Å². The first-order valence-electron chi connectivity index (χ1n) is 12.5. The summed E-state index contributed by atoms with van der Waals surface area (Å²) in [5, 5.41) is 0. The Bertz CT molecular complexity index is 1220. The minimum Gasteiger partial charge on any atom is -0.459 e. The van der Waals surface area contributed by atoms with Crippen LogP contribution in [0.1, 0.15) is 67.2 Å². The Morgan fingerprint density at radius 2 is 1.61 bits per heavy atom. The highest BCUT2D eigenvalue weighted by molar-refractivity contribution is 6.02. The predicted molar refractivity (Wildman–Crippen MR) is 122 cm³/mol. The van der Waals surface area contributed by atoms with Crippen molar-refractivity contribution in [3.63, 3.8) is 0 Å². The second-order valence-corrected chi connectivity index (χ2v) is 12.2. The lowest BCUT2D eigenvalue weighted by Crippen LogP contribution is -2.79. The summed E-state index contributed by atoms with van der Waals surface area (Å²) in [6.07, 6.45) is -0.622. The highest BCUT2D eigenvalue weighted by Gasteiger charge is 2.99. The molecule has 1 unspecified atom stereocenters. The molecule has 9 heteroatoms. The fourth-order valence-electron chi connectivity index (χ4n) is 9.16. The average Bonchev–Trinajstić information content (AvgIpc) is 3.07. The molecule has 4 heterocycles. The van der Waals surface area contributed by atoms with E-state index in [0.717, 1.165) is 0 Å². The van der Waals surface area contributed by atoms with Gasteiger partial charge in [-0.1, -0.05) is 20.1 Å². The Kier molecular flexibility index (Phi) is 3.99. The lowest BCUT2D eigenvalue weighted by molar-refractivity contribution is -0.247. The molecule has 0 aromatic carbocycles. The van der Waals surface area contributed by atoms with Crippen LogP contribution in [0.15, 0.2) is 24.3 Å². The molecule has 0 amide bonds. The molecule has 6 fully saturated rings. The monoisotopic (exact) mass is 500 g/mol. The van der Waals surface area contributed by atoms with E-state index in [2.05, 4.69) is 13.2 Å². The first-order chi connectivity index (χ1) is 16.5. The van der Waals surface area contributed by atoms with Gasteiger partial charge in [0.15, 0.2) is 11.7 Å². The van der Waals surface area contributed by atoms with Gasteiger partial charge in [-0.3, -0.25) is 14.4 Å². The van der Waals surface area contributed by atoms with Gasteiger partial charge in [-0.25, -0.2) is 4.79 Å². The molecule has 0 N–H and O–H groups in total. The Morgan fingerprint density at radius 3 is 2.22 bits per heavy atom. The zero-order chi connectivity index (χ0) is 26.5. The molecule has 2 aliphatic carbocycles. The van der Waals surface area contributed by atoms with Gasteiger partial charge in [0.2, 0.25) is 5.60 Å². The fourth-order valence-corrected chi connectivity index (χ4v) is 9.16. The minimum atomic E-state index is -1.83. The summed E-state index contributed by atoms with van der Waals surface area (Å²) in [6.45, 7) is 18.9. The van der Waals surface area contributed by atoms with Crippen LogP contribution in [0, 0.1) is 16.2 Å².